The van der Waals surface area contributed by atoms with Crippen molar-refractivity contribution in [2.24, 2.45) is 0 Å². The van der Waals surface area contributed by atoms with Crippen molar-refractivity contribution in [1.82, 2.24) is 30.4 Å². The summed E-state index contributed by atoms with van der Waals surface area (Å²) in [6.07, 6.45) is 3.78. The summed E-state index contributed by atoms with van der Waals surface area (Å²) < 4.78 is 3.50. The van der Waals surface area contributed by atoms with Gasteiger partial charge in [-0.3, -0.25) is 20.2 Å². The van der Waals surface area contributed by atoms with E-state index in [2.05, 4.69) is 26.5 Å². The van der Waals surface area contributed by atoms with E-state index in [0.29, 0.717) is 23.1 Å². The minimum atomic E-state index is -0.158. The van der Waals surface area contributed by atoms with Crippen LogP contribution in [0.3, 0.4) is 0 Å². The zero-order valence-electron chi connectivity index (χ0n) is 14.7. The highest BCUT2D eigenvalue weighted by Gasteiger charge is 2.25. The normalized spacial score (nSPS) is 14.9. The van der Waals surface area contributed by atoms with Gasteiger partial charge in [0, 0.05) is 42.5 Å². The molecule has 4 N–H and O–H groups in total. The van der Waals surface area contributed by atoms with Crippen LogP contribution >= 0.6 is 11.6 Å². The summed E-state index contributed by atoms with van der Waals surface area (Å²) in [6.45, 7) is 3.38. The molecule has 27 heavy (non-hydrogen) atoms. The van der Waals surface area contributed by atoms with Crippen LogP contribution < -0.4 is 16.2 Å². The molecule has 1 aliphatic heterocycles. The predicted molar refractivity (Wildman–Crippen MR) is 102 cm³/mol. The molecule has 1 amide bonds. The zero-order valence-corrected chi connectivity index (χ0v) is 15.5. The van der Waals surface area contributed by atoms with Crippen molar-refractivity contribution in [1.29, 1.82) is 0 Å². The summed E-state index contributed by atoms with van der Waals surface area (Å²) in [5, 5.41) is 21.7. The highest BCUT2D eigenvalue weighted by Crippen LogP contribution is 2.37. The first kappa shape index (κ1) is 17.9. The molecule has 1 saturated heterocycles. The lowest BCUT2D eigenvalue weighted by molar-refractivity contribution is -0.114. The molecule has 0 atom stereocenters. The van der Waals surface area contributed by atoms with Crippen molar-refractivity contribution in [3.8, 4) is 5.82 Å². The fourth-order valence-electron chi connectivity index (χ4n) is 3.44. The number of rotatable bonds is 5. The molecule has 0 saturated carbocycles. The Labute approximate surface area is 160 Å². The van der Waals surface area contributed by atoms with Gasteiger partial charge in [-0.15, -0.1) is 5.10 Å². The summed E-state index contributed by atoms with van der Waals surface area (Å²) >= 11 is 6.33. The fourth-order valence-corrected chi connectivity index (χ4v) is 3.65. The van der Waals surface area contributed by atoms with E-state index >= 15 is 0 Å². The molecule has 1 aromatic carbocycles. The number of fused-ring (bicyclic) bond motifs is 1. The molecule has 9 nitrogen and oxygen atoms in total. The average Bonchev–Trinajstić information content (AvgIpc) is 3.32. The van der Waals surface area contributed by atoms with E-state index < -0.39 is 0 Å². The van der Waals surface area contributed by atoms with Crippen LogP contribution in [0, 0.1) is 0 Å². The number of aliphatic hydroxyl groups excluding tert-OH is 1. The summed E-state index contributed by atoms with van der Waals surface area (Å²) in [5.41, 5.74) is 8.88. The quantitative estimate of drug-likeness (QED) is 0.518. The van der Waals surface area contributed by atoms with Gasteiger partial charge in [0.15, 0.2) is 5.82 Å². The molecule has 1 aliphatic rings. The highest BCUT2D eigenvalue weighted by molar-refractivity contribution is 6.32. The number of nitrogens with zero attached hydrogens (tertiary/aromatic N) is 4. The second-order valence-corrected chi connectivity index (χ2v) is 6.94. The third-order valence-corrected chi connectivity index (χ3v) is 4.79. The number of hydrazine groups is 1. The fraction of sp³-hybridized carbons (Fsp3) is 0.353. The predicted octanol–water partition coefficient (Wildman–Crippen LogP) is 1.02. The largest absolute Gasteiger partial charge is 0.394 e. The molecule has 142 valence electrons. The van der Waals surface area contributed by atoms with E-state index in [1.807, 2.05) is 16.8 Å². The number of halogens is 1. The van der Waals surface area contributed by atoms with Gasteiger partial charge in [0.1, 0.15) is 0 Å². The zero-order chi connectivity index (χ0) is 19.0. The number of carbonyl (C=O) groups is 1. The molecule has 3 aromatic rings. The molecule has 3 heterocycles. The van der Waals surface area contributed by atoms with E-state index in [0.717, 1.165) is 29.6 Å². The van der Waals surface area contributed by atoms with Crippen molar-refractivity contribution in [3.05, 3.63) is 35.1 Å². The number of aliphatic hydroxyl groups is 1. The van der Waals surface area contributed by atoms with E-state index in [9.17, 15) is 4.79 Å². The van der Waals surface area contributed by atoms with Crippen LogP contribution in [0.15, 0.2) is 24.5 Å². The summed E-state index contributed by atoms with van der Waals surface area (Å²) in [6, 6.07) is 3.62. The number of amides is 1. The molecule has 10 heteroatoms. The Balaban J connectivity index is 1.93. The molecule has 2 aromatic heterocycles. The van der Waals surface area contributed by atoms with Crippen molar-refractivity contribution in [3.63, 3.8) is 0 Å². The number of benzene rings is 1. The van der Waals surface area contributed by atoms with Gasteiger partial charge >= 0.3 is 0 Å². The van der Waals surface area contributed by atoms with Crippen LogP contribution in [0.1, 0.15) is 18.4 Å². The molecule has 0 unspecified atom stereocenters. The van der Waals surface area contributed by atoms with Crippen molar-refractivity contribution >= 4 is 34.1 Å². The lowest BCUT2D eigenvalue weighted by Gasteiger charge is -2.11. The van der Waals surface area contributed by atoms with Gasteiger partial charge in [-0.25, -0.2) is 4.68 Å². The summed E-state index contributed by atoms with van der Waals surface area (Å²) in [5.74, 6) is 0.693. The van der Waals surface area contributed by atoms with Gasteiger partial charge in [-0.2, -0.15) is 0 Å². The van der Waals surface area contributed by atoms with Gasteiger partial charge in [-0.05, 0) is 17.7 Å². The van der Waals surface area contributed by atoms with Crippen LogP contribution in [-0.2, 0) is 11.3 Å². The molecule has 0 bridgehead atoms. The maximum atomic E-state index is 11.7. The Morgan fingerprint density at radius 2 is 2.15 bits per heavy atom. The Kier molecular flexibility index (Phi) is 4.83. The monoisotopic (exact) mass is 389 g/mol. The van der Waals surface area contributed by atoms with Gasteiger partial charge in [0.05, 0.1) is 30.6 Å². The van der Waals surface area contributed by atoms with Crippen LogP contribution in [0.5, 0.6) is 0 Å². The Hall–Kier alpha value is -2.46. The number of aromatic nitrogens is 4. The molecule has 0 radical (unpaired) electrons. The topological polar surface area (TPSA) is 109 Å². The van der Waals surface area contributed by atoms with Crippen molar-refractivity contribution < 1.29 is 9.90 Å². The minimum absolute atomic E-state index is 0.0155. The number of carbonyl (C=O) groups excluding carboxylic acids is 1. The van der Waals surface area contributed by atoms with Gasteiger partial charge in [0.25, 0.3) is 0 Å². The molecule has 4 rings (SSSR count). The number of hydrogen-bond acceptors (Lipinski definition) is 6. The van der Waals surface area contributed by atoms with Gasteiger partial charge in [-0.1, -0.05) is 16.8 Å². The van der Waals surface area contributed by atoms with Crippen LogP contribution in [0.25, 0.3) is 16.7 Å². The van der Waals surface area contributed by atoms with Crippen LogP contribution in [-0.4, -0.2) is 50.3 Å². The number of nitrogens with one attached hydrogen (secondary N) is 3. The highest BCUT2D eigenvalue weighted by atomic mass is 35.5. The lowest BCUT2D eigenvalue weighted by atomic mass is 9.98. The minimum Gasteiger partial charge on any atom is -0.394 e. The van der Waals surface area contributed by atoms with Gasteiger partial charge in [0.2, 0.25) is 5.91 Å². The Morgan fingerprint density at radius 3 is 2.85 bits per heavy atom. The smallest absolute Gasteiger partial charge is 0.221 e. The van der Waals surface area contributed by atoms with E-state index in [1.54, 1.807) is 16.9 Å². The number of hydrogen-bond donors (Lipinski definition) is 4. The molecular formula is C17H20ClN7O2. The molecular weight excluding hydrogens is 370 g/mol. The number of anilines is 1. The Bertz CT molecular complexity index is 991. The maximum absolute atomic E-state index is 11.7. The van der Waals surface area contributed by atoms with Crippen molar-refractivity contribution in [2.75, 3.05) is 25.0 Å². The Morgan fingerprint density at radius 1 is 1.37 bits per heavy atom. The van der Waals surface area contributed by atoms with Gasteiger partial charge < -0.3 is 10.4 Å². The third-order valence-electron chi connectivity index (χ3n) is 4.57. The SMILES string of the molecule is CC(=O)Nc1cc(Cl)cc2c1c(C1CNNC1)cn2-c1cn(CCO)nn1. The second-order valence-electron chi connectivity index (χ2n) is 6.51. The second kappa shape index (κ2) is 7.28. The van der Waals surface area contributed by atoms with E-state index in [1.165, 1.54) is 6.92 Å². The molecule has 0 spiro atoms. The average molecular weight is 390 g/mol. The first-order valence-corrected chi connectivity index (χ1v) is 9.04. The van der Waals surface area contributed by atoms with Crippen LogP contribution in [0.2, 0.25) is 5.02 Å². The molecule has 1 fully saturated rings. The first-order chi connectivity index (χ1) is 13.1. The first-order valence-electron chi connectivity index (χ1n) is 8.66. The summed E-state index contributed by atoms with van der Waals surface area (Å²) in [7, 11) is 0. The van der Waals surface area contributed by atoms with E-state index in [4.69, 9.17) is 16.7 Å². The third kappa shape index (κ3) is 3.42. The lowest BCUT2D eigenvalue weighted by Crippen LogP contribution is -2.21. The van der Waals surface area contributed by atoms with Crippen molar-refractivity contribution in [2.45, 2.75) is 19.4 Å². The standard InChI is InChI=1S/C17H20ClN7O2/c1-10(27)21-14-4-12(18)5-15-17(14)13(11-6-19-20-7-11)8-25(15)16-9-24(2-3-26)23-22-16/h4-5,8-9,11,19-20,26H,2-3,6-7H2,1H3,(H,21,27). The summed E-state index contributed by atoms with van der Waals surface area (Å²) in [4.78, 5) is 11.7. The molecule has 0 aliphatic carbocycles. The maximum Gasteiger partial charge on any atom is 0.221 e. The van der Waals surface area contributed by atoms with Crippen LogP contribution in [0.4, 0.5) is 5.69 Å². The van der Waals surface area contributed by atoms with E-state index in [-0.39, 0.29) is 18.4 Å².